The van der Waals surface area contributed by atoms with Crippen molar-refractivity contribution >= 4 is 10.9 Å². The smallest absolute Gasteiger partial charge is 0.0456 e. The number of fused-ring (bicyclic) bond motifs is 1. The molecule has 0 aliphatic carbocycles. The monoisotopic (exact) mass is 220 g/mol. The summed E-state index contributed by atoms with van der Waals surface area (Å²) in [5.41, 5.74) is 8.47. The molecule has 0 amide bonds. The number of aliphatic hydroxyl groups is 1. The number of benzene rings is 1. The van der Waals surface area contributed by atoms with Gasteiger partial charge in [-0.1, -0.05) is 25.1 Å². The number of H-pyrrole nitrogens is 1. The van der Waals surface area contributed by atoms with Gasteiger partial charge in [0.2, 0.25) is 0 Å². The van der Waals surface area contributed by atoms with Crippen LogP contribution in [0.15, 0.2) is 30.5 Å². The van der Waals surface area contributed by atoms with E-state index in [1.807, 2.05) is 6.07 Å². The van der Waals surface area contributed by atoms with Crippen molar-refractivity contribution in [3.63, 3.8) is 0 Å². The first-order valence-electron chi connectivity index (χ1n) is 5.56. The maximum Gasteiger partial charge on any atom is 0.0456 e. The Morgan fingerprint density at radius 1 is 1.31 bits per heavy atom. The zero-order valence-corrected chi connectivity index (χ0v) is 9.90. The Morgan fingerprint density at radius 2 is 2.00 bits per heavy atom. The van der Waals surface area contributed by atoms with Crippen LogP contribution in [0.1, 0.15) is 18.9 Å². The highest BCUT2D eigenvalue weighted by atomic mass is 16.2. The molecule has 1 aromatic heterocycles. The van der Waals surface area contributed by atoms with E-state index in [0.29, 0.717) is 0 Å². The minimum absolute atomic E-state index is 0.272. The molecule has 16 heavy (non-hydrogen) atoms. The Balaban J connectivity index is 0.000000606. The molecule has 0 fully saturated rings. The van der Waals surface area contributed by atoms with Crippen LogP contribution < -0.4 is 5.73 Å². The van der Waals surface area contributed by atoms with Gasteiger partial charge in [0.05, 0.1) is 0 Å². The van der Waals surface area contributed by atoms with Gasteiger partial charge in [0.1, 0.15) is 0 Å². The first-order chi connectivity index (χ1) is 7.81. The van der Waals surface area contributed by atoms with E-state index >= 15 is 0 Å². The number of para-hydroxylation sites is 1. The summed E-state index contributed by atoms with van der Waals surface area (Å²) in [5, 5.41) is 8.30. The molecule has 4 N–H and O–H groups in total. The van der Waals surface area contributed by atoms with Crippen LogP contribution in [-0.4, -0.2) is 23.2 Å². The Bertz CT molecular complexity index is 423. The molecular weight excluding hydrogens is 200 g/mol. The number of hydrogen-bond acceptors (Lipinski definition) is 2. The molecule has 1 aromatic carbocycles. The molecule has 0 saturated carbocycles. The van der Waals surface area contributed by atoms with Gasteiger partial charge in [-0.05, 0) is 24.5 Å². The van der Waals surface area contributed by atoms with Gasteiger partial charge in [-0.3, -0.25) is 0 Å². The summed E-state index contributed by atoms with van der Waals surface area (Å²) in [4.78, 5) is 3.26. The van der Waals surface area contributed by atoms with E-state index in [9.17, 15) is 0 Å². The van der Waals surface area contributed by atoms with Crippen molar-refractivity contribution in [1.82, 2.24) is 4.98 Å². The number of hydrogen-bond donors (Lipinski definition) is 3. The first kappa shape index (κ1) is 12.7. The average Bonchev–Trinajstić information content (AvgIpc) is 2.75. The summed E-state index contributed by atoms with van der Waals surface area (Å²) in [6.07, 6.45) is 4.06. The second-order valence-corrected chi connectivity index (χ2v) is 3.73. The topological polar surface area (TPSA) is 62.0 Å². The molecule has 0 radical (unpaired) electrons. The SMILES string of the molecule is CCC(N)Cc1c[nH]c2ccccc12.CO. The molecule has 0 bridgehead atoms. The van der Waals surface area contributed by atoms with Crippen molar-refractivity contribution in [3.8, 4) is 0 Å². The van der Waals surface area contributed by atoms with Gasteiger partial charge in [0, 0.05) is 30.3 Å². The van der Waals surface area contributed by atoms with Gasteiger partial charge in [-0.25, -0.2) is 0 Å². The van der Waals surface area contributed by atoms with Crippen LogP contribution >= 0.6 is 0 Å². The Morgan fingerprint density at radius 3 is 2.69 bits per heavy atom. The molecule has 0 saturated heterocycles. The van der Waals surface area contributed by atoms with E-state index in [-0.39, 0.29) is 6.04 Å². The van der Waals surface area contributed by atoms with Crippen molar-refractivity contribution < 1.29 is 5.11 Å². The van der Waals surface area contributed by atoms with Crippen LogP contribution in [0.4, 0.5) is 0 Å². The second kappa shape index (κ2) is 6.30. The third kappa shape index (κ3) is 2.84. The minimum Gasteiger partial charge on any atom is -0.400 e. The first-order valence-corrected chi connectivity index (χ1v) is 5.56. The molecule has 1 unspecified atom stereocenters. The molecule has 1 atom stereocenters. The van der Waals surface area contributed by atoms with E-state index in [1.54, 1.807) is 0 Å². The summed E-state index contributed by atoms with van der Waals surface area (Å²) in [5.74, 6) is 0. The molecule has 0 aliphatic heterocycles. The fraction of sp³-hybridized carbons (Fsp3) is 0.385. The van der Waals surface area contributed by atoms with Gasteiger partial charge in [-0.15, -0.1) is 0 Å². The largest absolute Gasteiger partial charge is 0.400 e. The highest BCUT2D eigenvalue weighted by Gasteiger charge is 2.06. The minimum atomic E-state index is 0.272. The Kier molecular flexibility index (Phi) is 5.02. The number of nitrogens with two attached hydrogens (primary N) is 1. The maximum absolute atomic E-state index is 7.00. The van der Waals surface area contributed by atoms with Gasteiger partial charge < -0.3 is 15.8 Å². The van der Waals surface area contributed by atoms with Gasteiger partial charge in [-0.2, -0.15) is 0 Å². The molecule has 1 heterocycles. The van der Waals surface area contributed by atoms with Crippen LogP contribution in [0.5, 0.6) is 0 Å². The van der Waals surface area contributed by atoms with E-state index in [2.05, 4.69) is 36.3 Å². The summed E-state index contributed by atoms with van der Waals surface area (Å²) in [6.45, 7) is 2.12. The lowest BCUT2D eigenvalue weighted by molar-refractivity contribution is 0.399. The van der Waals surface area contributed by atoms with E-state index in [4.69, 9.17) is 10.8 Å². The Labute approximate surface area is 96.3 Å². The summed E-state index contributed by atoms with van der Waals surface area (Å²) in [6, 6.07) is 8.62. The summed E-state index contributed by atoms with van der Waals surface area (Å²) < 4.78 is 0. The number of rotatable bonds is 3. The van der Waals surface area contributed by atoms with Crippen LogP contribution in [0.25, 0.3) is 10.9 Å². The molecule has 0 spiro atoms. The van der Waals surface area contributed by atoms with Gasteiger partial charge >= 0.3 is 0 Å². The summed E-state index contributed by atoms with van der Waals surface area (Å²) in [7, 11) is 1.00. The number of aromatic amines is 1. The predicted octanol–water partition coefficient (Wildman–Crippen LogP) is 2.06. The second-order valence-electron chi connectivity index (χ2n) is 3.73. The quantitative estimate of drug-likeness (QED) is 0.741. The molecular formula is C13H20N2O. The lowest BCUT2D eigenvalue weighted by Gasteiger charge is -2.06. The van der Waals surface area contributed by atoms with Crippen molar-refractivity contribution in [2.75, 3.05) is 7.11 Å². The Hall–Kier alpha value is -1.32. The fourth-order valence-electron chi connectivity index (χ4n) is 1.73. The van der Waals surface area contributed by atoms with Crippen LogP contribution in [0.3, 0.4) is 0 Å². The van der Waals surface area contributed by atoms with E-state index in [0.717, 1.165) is 20.0 Å². The number of aromatic nitrogens is 1. The third-order valence-electron chi connectivity index (χ3n) is 2.68. The third-order valence-corrected chi connectivity index (χ3v) is 2.68. The standard InChI is InChI=1S/C12H16N2.CH4O/c1-2-10(13)7-9-8-14-12-6-4-3-5-11(9)12;1-2/h3-6,8,10,14H,2,7,13H2,1H3;2H,1H3. The van der Waals surface area contributed by atoms with Gasteiger partial charge in [0.25, 0.3) is 0 Å². The zero-order valence-electron chi connectivity index (χ0n) is 9.90. The molecule has 88 valence electrons. The van der Waals surface area contributed by atoms with Crippen LogP contribution in [-0.2, 0) is 6.42 Å². The molecule has 3 heteroatoms. The molecule has 2 aromatic rings. The lowest BCUT2D eigenvalue weighted by Crippen LogP contribution is -2.21. The fourth-order valence-corrected chi connectivity index (χ4v) is 1.73. The lowest BCUT2D eigenvalue weighted by atomic mass is 10.0. The van der Waals surface area contributed by atoms with E-state index in [1.165, 1.54) is 16.5 Å². The predicted molar refractivity (Wildman–Crippen MR) is 68.4 cm³/mol. The zero-order chi connectivity index (χ0) is 12.0. The normalized spacial score (nSPS) is 12.0. The highest BCUT2D eigenvalue weighted by molar-refractivity contribution is 5.83. The number of aliphatic hydroxyl groups excluding tert-OH is 1. The molecule has 0 aliphatic rings. The number of nitrogens with one attached hydrogen (secondary N) is 1. The van der Waals surface area contributed by atoms with Crippen LogP contribution in [0.2, 0.25) is 0 Å². The van der Waals surface area contributed by atoms with Crippen molar-refractivity contribution in [2.24, 2.45) is 5.73 Å². The van der Waals surface area contributed by atoms with Crippen LogP contribution in [0, 0.1) is 0 Å². The molecule has 2 rings (SSSR count). The molecule has 3 nitrogen and oxygen atoms in total. The average molecular weight is 220 g/mol. The van der Waals surface area contributed by atoms with Crippen molar-refractivity contribution in [3.05, 3.63) is 36.0 Å². The van der Waals surface area contributed by atoms with Crippen molar-refractivity contribution in [1.29, 1.82) is 0 Å². The highest BCUT2D eigenvalue weighted by Crippen LogP contribution is 2.18. The van der Waals surface area contributed by atoms with Gasteiger partial charge in [0.15, 0.2) is 0 Å². The maximum atomic E-state index is 7.00. The van der Waals surface area contributed by atoms with Crippen molar-refractivity contribution in [2.45, 2.75) is 25.8 Å². The van der Waals surface area contributed by atoms with E-state index < -0.39 is 0 Å². The summed E-state index contributed by atoms with van der Waals surface area (Å²) >= 11 is 0.